The van der Waals surface area contributed by atoms with Crippen LogP contribution in [0.4, 0.5) is 5.69 Å². The molecule has 4 rings (SSSR count). The molecule has 1 aromatic heterocycles. The highest BCUT2D eigenvalue weighted by atomic mass is 32.2. The lowest BCUT2D eigenvalue weighted by Gasteiger charge is -2.19. The van der Waals surface area contributed by atoms with Gasteiger partial charge in [0.2, 0.25) is 15.9 Å². The minimum Gasteiger partial charge on any atom is -0.325 e. The molecule has 0 saturated heterocycles. The fraction of sp³-hybridized carbons (Fsp3) is 0.174. The van der Waals surface area contributed by atoms with Crippen molar-refractivity contribution in [3.05, 3.63) is 83.9 Å². The summed E-state index contributed by atoms with van der Waals surface area (Å²) in [7, 11) is -4.03. The van der Waals surface area contributed by atoms with E-state index in [0.717, 1.165) is 29.3 Å². The number of hydrogen-bond acceptors (Lipinski definition) is 6. The Balaban J connectivity index is 1.62. The number of nitrogens with one attached hydrogen (secondary N) is 2. The molecule has 4 aromatic rings. The van der Waals surface area contributed by atoms with Gasteiger partial charge in [-0.15, -0.1) is 0 Å². The molecule has 0 spiro atoms. The molecule has 0 unspecified atom stereocenters. The summed E-state index contributed by atoms with van der Waals surface area (Å²) >= 11 is 0.944. The first kappa shape index (κ1) is 22.1. The number of sulfonamides is 1. The van der Waals surface area contributed by atoms with Gasteiger partial charge in [-0.1, -0.05) is 55.5 Å². The zero-order chi connectivity index (χ0) is 22.6. The molecule has 0 radical (unpaired) electrons. The second-order valence-corrected chi connectivity index (χ2v) is 9.50. The maximum absolute atomic E-state index is 13.2. The Labute approximate surface area is 190 Å². The third-order valence-electron chi connectivity index (χ3n) is 5.06. The van der Waals surface area contributed by atoms with Crippen LogP contribution in [0.1, 0.15) is 18.1 Å². The van der Waals surface area contributed by atoms with Gasteiger partial charge in [-0.05, 0) is 48.2 Å². The fourth-order valence-corrected chi connectivity index (χ4v) is 5.30. The van der Waals surface area contributed by atoms with E-state index in [9.17, 15) is 13.2 Å². The first-order valence-corrected chi connectivity index (χ1v) is 12.3. The lowest BCUT2D eigenvalue weighted by Crippen LogP contribution is -2.45. The van der Waals surface area contributed by atoms with E-state index in [1.807, 2.05) is 54.6 Å². The molecule has 0 fully saturated rings. The standard InChI is InChI=1S/C23H22N4O3S2/c1-2-16-11-13-18(14-12-16)24-23(28)20(15-17-7-4-3-5-8-17)27-32(29,30)21-10-6-9-19-22(21)26-31-25-19/h3-14,20,27H,2,15H2,1H3,(H,24,28)/t20-/m1/s1. The summed E-state index contributed by atoms with van der Waals surface area (Å²) in [6.45, 7) is 2.05. The minimum atomic E-state index is -4.03. The normalized spacial score (nSPS) is 12.5. The summed E-state index contributed by atoms with van der Waals surface area (Å²) in [6.07, 6.45) is 1.09. The number of rotatable bonds is 8. The van der Waals surface area contributed by atoms with Crippen LogP contribution in [-0.2, 0) is 27.7 Å². The number of hydrogen-bond donors (Lipinski definition) is 2. The lowest BCUT2D eigenvalue weighted by molar-refractivity contribution is -0.117. The van der Waals surface area contributed by atoms with E-state index in [-0.39, 0.29) is 11.3 Å². The van der Waals surface area contributed by atoms with Crippen LogP contribution >= 0.6 is 11.7 Å². The van der Waals surface area contributed by atoms with Gasteiger partial charge in [0.1, 0.15) is 22.0 Å². The van der Waals surface area contributed by atoms with Crippen LogP contribution < -0.4 is 10.0 Å². The molecule has 1 amide bonds. The van der Waals surface area contributed by atoms with Gasteiger partial charge in [0, 0.05) is 5.69 Å². The molecule has 0 aliphatic carbocycles. The molecule has 164 valence electrons. The second-order valence-electron chi connectivity index (χ2n) is 7.29. The maximum Gasteiger partial charge on any atom is 0.243 e. The van der Waals surface area contributed by atoms with Gasteiger partial charge in [-0.3, -0.25) is 4.79 Å². The van der Waals surface area contributed by atoms with Gasteiger partial charge in [-0.25, -0.2) is 8.42 Å². The highest BCUT2D eigenvalue weighted by molar-refractivity contribution is 7.89. The van der Waals surface area contributed by atoms with Crippen molar-refractivity contribution >= 4 is 44.4 Å². The highest BCUT2D eigenvalue weighted by Gasteiger charge is 2.28. The summed E-state index contributed by atoms with van der Waals surface area (Å²) in [5, 5.41) is 2.83. The van der Waals surface area contributed by atoms with Crippen LogP contribution in [-0.4, -0.2) is 29.1 Å². The number of aryl methyl sites for hydroxylation is 1. The Morgan fingerprint density at radius 3 is 2.41 bits per heavy atom. The predicted octanol–water partition coefficient (Wildman–Crippen LogP) is 3.78. The van der Waals surface area contributed by atoms with Crippen molar-refractivity contribution < 1.29 is 13.2 Å². The number of carbonyl (C=O) groups excluding carboxylic acids is 1. The van der Waals surface area contributed by atoms with Crippen molar-refractivity contribution in [3.8, 4) is 0 Å². The zero-order valence-electron chi connectivity index (χ0n) is 17.4. The number of fused-ring (bicyclic) bond motifs is 1. The third kappa shape index (κ3) is 5.01. The van der Waals surface area contributed by atoms with Crippen LogP contribution in [0.25, 0.3) is 11.0 Å². The Hall–Kier alpha value is -3.14. The highest BCUT2D eigenvalue weighted by Crippen LogP contribution is 2.22. The quantitative estimate of drug-likeness (QED) is 0.412. The number of benzene rings is 3. The predicted molar refractivity (Wildman–Crippen MR) is 126 cm³/mol. The summed E-state index contributed by atoms with van der Waals surface area (Å²) in [6, 6.07) is 20.5. The zero-order valence-corrected chi connectivity index (χ0v) is 19.0. The number of carbonyl (C=O) groups is 1. The summed E-state index contributed by atoms with van der Waals surface area (Å²) < 4.78 is 37.3. The Morgan fingerprint density at radius 1 is 0.938 bits per heavy atom. The van der Waals surface area contributed by atoms with Gasteiger partial charge in [0.15, 0.2) is 0 Å². The molecule has 32 heavy (non-hydrogen) atoms. The number of nitrogens with zero attached hydrogens (tertiary/aromatic N) is 2. The van der Waals surface area contributed by atoms with E-state index in [1.165, 1.54) is 6.07 Å². The largest absolute Gasteiger partial charge is 0.325 e. The first-order valence-electron chi connectivity index (χ1n) is 10.1. The van der Waals surface area contributed by atoms with Gasteiger partial charge < -0.3 is 5.32 Å². The molecule has 7 nitrogen and oxygen atoms in total. The Morgan fingerprint density at radius 2 is 1.69 bits per heavy atom. The smallest absolute Gasteiger partial charge is 0.243 e. The average molecular weight is 467 g/mol. The van der Waals surface area contributed by atoms with Crippen molar-refractivity contribution in [1.82, 2.24) is 13.5 Å². The molecule has 0 aliphatic rings. The van der Waals surface area contributed by atoms with Crippen LogP contribution in [0, 0.1) is 0 Å². The third-order valence-corrected chi connectivity index (χ3v) is 7.11. The second kappa shape index (κ2) is 9.56. The number of amides is 1. The first-order chi connectivity index (χ1) is 15.5. The topological polar surface area (TPSA) is 101 Å². The summed E-state index contributed by atoms with van der Waals surface area (Å²) in [4.78, 5) is 13.1. The molecular weight excluding hydrogens is 444 g/mol. The van der Waals surface area contributed by atoms with E-state index in [2.05, 4.69) is 25.7 Å². The molecule has 2 N–H and O–H groups in total. The molecular formula is C23H22N4O3S2. The van der Waals surface area contributed by atoms with Crippen molar-refractivity contribution in [1.29, 1.82) is 0 Å². The minimum absolute atomic E-state index is 0.00177. The Kier molecular flexibility index (Phi) is 6.59. The molecule has 1 atom stereocenters. The van der Waals surface area contributed by atoms with Crippen LogP contribution in [0.15, 0.2) is 77.7 Å². The van der Waals surface area contributed by atoms with Crippen LogP contribution in [0.3, 0.4) is 0 Å². The van der Waals surface area contributed by atoms with Crippen molar-refractivity contribution in [3.63, 3.8) is 0 Å². The summed E-state index contributed by atoms with van der Waals surface area (Å²) in [5.41, 5.74) is 3.38. The molecule has 0 aliphatic heterocycles. The molecule has 3 aromatic carbocycles. The van der Waals surface area contributed by atoms with Crippen molar-refractivity contribution in [2.24, 2.45) is 0 Å². The Bertz CT molecular complexity index is 1320. The molecule has 9 heteroatoms. The van der Waals surface area contributed by atoms with Crippen LogP contribution in [0.2, 0.25) is 0 Å². The summed E-state index contributed by atoms with van der Waals surface area (Å²) in [5.74, 6) is -0.440. The monoisotopic (exact) mass is 466 g/mol. The van der Waals surface area contributed by atoms with E-state index < -0.39 is 22.0 Å². The van der Waals surface area contributed by atoms with Gasteiger partial charge in [-0.2, -0.15) is 13.5 Å². The fourth-order valence-electron chi connectivity index (χ4n) is 3.34. The molecule has 0 saturated carbocycles. The number of anilines is 1. The van der Waals surface area contributed by atoms with Crippen molar-refractivity contribution in [2.45, 2.75) is 30.7 Å². The van der Waals surface area contributed by atoms with E-state index >= 15 is 0 Å². The van der Waals surface area contributed by atoms with Gasteiger partial charge >= 0.3 is 0 Å². The average Bonchev–Trinajstić information content (AvgIpc) is 3.28. The SMILES string of the molecule is CCc1ccc(NC(=O)[C@@H](Cc2ccccc2)NS(=O)(=O)c2cccc3nsnc23)cc1. The van der Waals surface area contributed by atoms with Crippen LogP contribution in [0.5, 0.6) is 0 Å². The molecule has 0 bridgehead atoms. The maximum atomic E-state index is 13.2. The van der Waals surface area contributed by atoms with E-state index in [0.29, 0.717) is 16.7 Å². The lowest BCUT2D eigenvalue weighted by atomic mass is 10.1. The molecule has 1 heterocycles. The van der Waals surface area contributed by atoms with Gasteiger partial charge in [0.05, 0.1) is 11.7 Å². The van der Waals surface area contributed by atoms with Crippen molar-refractivity contribution in [2.75, 3.05) is 5.32 Å². The van der Waals surface area contributed by atoms with E-state index in [4.69, 9.17) is 0 Å². The van der Waals surface area contributed by atoms with Gasteiger partial charge in [0.25, 0.3) is 0 Å². The van der Waals surface area contributed by atoms with E-state index in [1.54, 1.807) is 12.1 Å². The number of aromatic nitrogens is 2.